The summed E-state index contributed by atoms with van der Waals surface area (Å²) in [6, 6.07) is 0. The number of carbonyl (C=O) groups excluding carboxylic acids is 2. The second kappa shape index (κ2) is 8.71. The highest BCUT2D eigenvalue weighted by Crippen LogP contribution is 2.39. The van der Waals surface area contributed by atoms with E-state index in [1.165, 1.54) is 28.0 Å². The molecule has 0 bridgehead atoms. The summed E-state index contributed by atoms with van der Waals surface area (Å²) in [4.78, 5) is 26.0. The number of ether oxygens (including phenoxy) is 1. The van der Waals surface area contributed by atoms with Crippen molar-refractivity contribution in [1.82, 2.24) is 14.8 Å². The molecule has 9 heteroatoms. The fourth-order valence-corrected chi connectivity index (χ4v) is 5.10. The first kappa shape index (κ1) is 19.6. The summed E-state index contributed by atoms with van der Waals surface area (Å²) in [5.74, 6) is 0.412. The molecule has 7 nitrogen and oxygen atoms in total. The van der Waals surface area contributed by atoms with Crippen LogP contribution in [0.2, 0.25) is 0 Å². The Morgan fingerprint density at radius 1 is 1.41 bits per heavy atom. The number of aryl methyl sites for hydroxylation is 2. The zero-order valence-electron chi connectivity index (χ0n) is 15.4. The molecular weight excluding hydrogens is 384 g/mol. The zero-order chi connectivity index (χ0) is 19.4. The number of aromatic nitrogens is 3. The summed E-state index contributed by atoms with van der Waals surface area (Å²) >= 11 is 2.79. The van der Waals surface area contributed by atoms with Crippen LogP contribution in [0.25, 0.3) is 0 Å². The van der Waals surface area contributed by atoms with Gasteiger partial charge < -0.3 is 14.6 Å². The van der Waals surface area contributed by atoms with Crippen LogP contribution in [0.3, 0.4) is 0 Å². The van der Waals surface area contributed by atoms with Gasteiger partial charge in [0.25, 0.3) is 0 Å². The molecule has 0 saturated carbocycles. The van der Waals surface area contributed by atoms with Crippen molar-refractivity contribution >= 4 is 40.0 Å². The highest BCUT2D eigenvalue weighted by Gasteiger charge is 2.28. The average Bonchev–Trinajstić information content (AvgIpc) is 3.29. The van der Waals surface area contributed by atoms with Crippen molar-refractivity contribution in [3.8, 4) is 0 Å². The lowest BCUT2D eigenvalue weighted by atomic mass is 10.1. The van der Waals surface area contributed by atoms with Crippen molar-refractivity contribution in [2.24, 2.45) is 0 Å². The van der Waals surface area contributed by atoms with Crippen molar-refractivity contribution in [3.05, 3.63) is 34.5 Å². The quantitative estimate of drug-likeness (QED) is 0.411. The van der Waals surface area contributed by atoms with Gasteiger partial charge in [0.2, 0.25) is 5.91 Å². The first-order valence-corrected chi connectivity index (χ1v) is 10.6. The Hall–Kier alpha value is -2.13. The van der Waals surface area contributed by atoms with E-state index in [4.69, 9.17) is 4.74 Å². The molecule has 0 fully saturated rings. The van der Waals surface area contributed by atoms with Crippen molar-refractivity contribution < 1.29 is 14.3 Å². The van der Waals surface area contributed by atoms with Gasteiger partial charge in [0.15, 0.2) is 5.16 Å². The lowest BCUT2D eigenvalue weighted by molar-refractivity contribution is -0.113. The first-order chi connectivity index (χ1) is 13.0. The molecular formula is C18H22N4O3S2. The second-order valence-corrected chi connectivity index (χ2v) is 8.10. The van der Waals surface area contributed by atoms with Gasteiger partial charge >= 0.3 is 5.97 Å². The number of hydrogen-bond acceptors (Lipinski definition) is 7. The van der Waals surface area contributed by atoms with Crippen LogP contribution in [0.5, 0.6) is 0 Å². The Morgan fingerprint density at radius 2 is 2.22 bits per heavy atom. The van der Waals surface area contributed by atoms with Gasteiger partial charge in [-0.05, 0) is 38.7 Å². The molecule has 2 aromatic heterocycles. The normalized spacial score (nSPS) is 12.7. The van der Waals surface area contributed by atoms with E-state index in [0.717, 1.165) is 30.7 Å². The maximum absolute atomic E-state index is 12.5. The van der Waals surface area contributed by atoms with E-state index in [2.05, 4.69) is 22.1 Å². The number of nitrogens with one attached hydrogen (secondary N) is 1. The van der Waals surface area contributed by atoms with Gasteiger partial charge in [0.05, 0.1) is 17.9 Å². The molecule has 144 valence electrons. The number of thioether (sulfide) groups is 1. The number of nitrogens with zero attached hydrogens (tertiary/aromatic N) is 3. The molecule has 2 aromatic rings. The molecule has 1 aliphatic carbocycles. The number of esters is 1. The van der Waals surface area contributed by atoms with E-state index in [-0.39, 0.29) is 17.6 Å². The number of allylic oxidation sites excluding steroid dienone is 1. The Kier molecular flexibility index (Phi) is 6.33. The maximum atomic E-state index is 12.5. The van der Waals surface area contributed by atoms with Gasteiger partial charge in [-0.2, -0.15) is 0 Å². The summed E-state index contributed by atoms with van der Waals surface area (Å²) < 4.78 is 7.09. The Labute approximate surface area is 166 Å². The largest absolute Gasteiger partial charge is 0.462 e. The number of rotatable bonds is 8. The molecule has 2 heterocycles. The minimum atomic E-state index is -0.360. The van der Waals surface area contributed by atoms with E-state index in [0.29, 0.717) is 28.9 Å². The zero-order valence-corrected chi connectivity index (χ0v) is 17.0. The monoisotopic (exact) mass is 406 g/mol. The average molecular weight is 407 g/mol. The Bertz CT molecular complexity index is 872. The summed E-state index contributed by atoms with van der Waals surface area (Å²) in [5, 5.41) is 12.3. The van der Waals surface area contributed by atoms with Crippen molar-refractivity contribution in [1.29, 1.82) is 0 Å². The molecule has 0 unspecified atom stereocenters. The molecule has 0 spiro atoms. The highest BCUT2D eigenvalue weighted by molar-refractivity contribution is 7.99. The molecule has 0 saturated heterocycles. The van der Waals surface area contributed by atoms with Crippen LogP contribution >= 0.6 is 23.1 Å². The van der Waals surface area contributed by atoms with E-state index in [1.807, 2.05) is 11.5 Å². The minimum Gasteiger partial charge on any atom is -0.462 e. The summed E-state index contributed by atoms with van der Waals surface area (Å²) in [5.41, 5.74) is 1.56. The number of hydrogen-bond donors (Lipinski definition) is 1. The third kappa shape index (κ3) is 4.24. The lowest BCUT2D eigenvalue weighted by Gasteiger charge is -2.08. The van der Waals surface area contributed by atoms with Crippen LogP contribution in [0, 0.1) is 6.92 Å². The van der Waals surface area contributed by atoms with Crippen LogP contribution < -0.4 is 5.32 Å². The van der Waals surface area contributed by atoms with Crippen LogP contribution in [-0.2, 0) is 28.9 Å². The fourth-order valence-electron chi connectivity index (χ4n) is 3.01. The minimum absolute atomic E-state index is 0.181. The molecule has 0 atom stereocenters. The van der Waals surface area contributed by atoms with Crippen molar-refractivity contribution in [2.45, 2.75) is 44.8 Å². The first-order valence-electron chi connectivity index (χ1n) is 8.80. The van der Waals surface area contributed by atoms with Crippen molar-refractivity contribution in [2.75, 3.05) is 17.7 Å². The SMILES string of the molecule is C=CCn1c(C)nnc1SCC(=O)Nc1sc2c(c1C(=O)OCC)CCC2. The molecule has 27 heavy (non-hydrogen) atoms. The maximum Gasteiger partial charge on any atom is 0.341 e. The van der Waals surface area contributed by atoms with E-state index < -0.39 is 0 Å². The van der Waals surface area contributed by atoms with E-state index >= 15 is 0 Å². The number of fused-ring (bicyclic) bond motifs is 1. The topological polar surface area (TPSA) is 86.1 Å². The summed E-state index contributed by atoms with van der Waals surface area (Å²) in [6.45, 7) is 8.27. The number of anilines is 1. The predicted molar refractivity (Wildman–Crippen MR) is 107 cm³/mol. The molecule has 1 aliphatic rings. The van der Waals surface area contributed by atoms with E-state index in [1.54, 1.807) is 13.0 Å². The van der Waals surface area contributed by atoms with Gasteiger partial charge in [-0.1, -0.05) is 17.8 Å². The molecule has 1 N–H and O–H groups in total. The molecule has 0 aliphatic heterocycles. The van der Waals surface area contributed by atoms with Gasteiger partial charge in [-0.15, -0.1) is 28.1 Å². The molecule has 0 aromatic carbocycles. The van der Waals surface area contributed by atoms with Gasteiger partial charge in [0, 0.05) is 11.4 Å². The van der Waals surface area contributed by atoms with Crippen LogP contribution in [0.1, 0.15) is 40.0 Å². The number of amides is 1. The summed E-state index contributed by atoms with van der Waals surface area (Å²) in [6.07, 6.45) is 4.60. The van der Waals surface area contributed by atoms with Crippen LogP contribution in [0.15, 0.2) is 17.8 Å². The molecule has 0 radical (unpaired) electrons. The number of carbonyl (C=O) groups is 2. The standard InChI is InChI=1S/C18H22N4O3S2/c1-4-9-22-11(3)20-21-18(22)26-10-14(23)19-16-15(17(24)25-5-2)12-7-6-8-13(12)27-16/h4H,1,5-10H2,2-3H3,(H,19,23). The van der Waals surface area contributed by atoms with Gasteiger partial charge in [0.1, 0.15) is 10.8 Å². The van der Waals surface area contributed by atoms with Crippen LogP contribution in [-0.4, -0.2) is 39.0 Å². The lowest BCUT2D eigenvalue weighted by Crippen LogP contribution is -2.17. The highest BCUT2D eigenvalue weighted by atomic mass is 32.2. The molecule has 1 amide bonds. The van der Waals surface area contributed by atoms with Gasteiger partial charge in [-0.3, -0.25) is 4.79 Å². The number of thiophene rings is 1. The molecule has 3 rings (SSSR count). The Morgan fingerprint density at radius 3 is 2.96 bits per heavy atom. The van der Waals surface area contributed by atoms with Crippen LogP contribution in [0.4, 0.5) is 5.00 Å². The van der Waals surface area contributed by atoms with Crippen molar-refractivity contribution in [3.63, 3.8) is 0 Å². The third-order valence-electron chi connectivity index (χ3n) is 4.20. The summed E-state index contributed by atoms with van der Waals surface area (Å²) in [7, 11) is 0. The fraction of sp³-hybridized carbons (Fsp3) is 0.444. The smallest absolute Gasteiger partial charge is 0.341 e. The third-order valence-corrected chi connectivity index (χ3v) is 6.37. The Balaban J connectivity index is 1.70. The second-order valence-electron chi connectivity index (χ2n) is 6.05. The predicted octanol–water partition coefficient (Wildman–Crippen LogP) is 3.23. The van der Waals surface area contributed by atoms with Gasteiger partial charge in [-0.25, -0.2) is 4.79 Å². The van der Waals surface area contributed by atoms with E-state index in [9.17, 15) is 9.59 Å².